The van der Waals surface area contributed by atoms with Gasteiger partial charge in [0.25, 0.3) is 11.8 Å². The van der Waals surface area contributed by atoms with Crippen LogP contribution in [0.1, 0.15) is 20.7 Å². The van der Waals surface area contributed by atoms with E-state index in [-0.39, 0.29) is 11.8 Å². The molecule has 0 radical (unpaired) electrons. The first kappa shape index (κ1) is 16.5. The zero-order valence-corrected chi connectivity index (χ0v) is 14.3. The minimum Gasteiger partial charge on any atom is -0.322 e. The van der Waals surface area contributed by atoms with E-state index in [1.54, 1.807) is 47.4 Å². The average Bonchev–Trinajstić information content (AvgIpc) is 3.12. The highest BCUT2D eigenvalue weighted by Crippen LogP contribution is 2.13. The number of amides is 2. The van der Waals surface area contributed by atoms with Crippen molar-refractivity contribution < 1.29 is 9.59 Å². The van der Waals surface area contributed by atoms with Crippen LogP contribution in [-0.4, -0.2) is 21.5 Å². The number of para-hydroxylation sites is 2. The van der Waals surface area contributed by atoms with Gasteiger partial charge in [0.2, 0.25) is 0 Å². The molecule has 0 saturated heterocycles. The molecular formula is C21H16N4O2. The molecule has 2 amide bonds. The molecule has 0 aliphatic heterocycles. The fourth-order valence-corrected chi connectivity index (χ4v) is 2.72. The van der Waals surface area contributed by atoms with Crippen LogP contribution in [0.15, 0.2) is 85.2 Å². The molecule has 2 N–H and O–H groups in total. The van der Waals surface area contributed by atoms with Gasteiger partial charge in [-0.05, 0) is 48.5 Å². The van der Waals surface area contributed by atoms with E-state index >= 15 is 0 Å². The second-order valence-electron chi connectivity index (χ2n) is 5.94. The number of anilines is 1. The van der Waals surface area contributed by atoms with Gasteiger partial charge in [0.15, 0.2) is 0 Å². The molecule has 0 fully saturated rings. The Balaban J connectivity index is 1.45. The molecule has 0 aliphatic carbocycles. The van der Waals surface area contributed by atoms with E-state index in [1.165, 1.54) is 0 Å². The number of carbonyl (C=O) groups is 2. The Hall–Kier alpha value is -3.93. The third kappa shape index (κ3) is 3.55. The maximum atomic E-state index is 12.5. The van der Waals surface area contributed by atoms with Gasteiger partial charge in [-0.15, -0.1) is 0 Å². The summed E-state index contributed by atoms with van der Waals surface area (Å²) in [6.45, 7) is 0. The number of fused-ring (bicyclic) bond motifs is 1. The lowest BCUT2D eigenvalue weighted by Crippen LogP contribution is -2.22. The van der Waals surface area contributed by atoms with Crippen molar-refractivity contribution in [1.29, 1.82) is 0 Å². The first-order valence-corrected chi connectivity index (χ1v) is 8.40. The molecule has 0 atom stereocenters. The second kappa shape index (κ2) is 7.13. The lowest BCUT2D eigenvalue weighted by Gasteiger charge is -2.09. The number of hydrogen-bond donors (Lipinski definition) is 2. The van der Waals surface area contributed by atoms with E-state index in [9.17, 15) is 9.59 Å². The first-order valence-electron chi connectivity index (χ1n) is 8.40. The van der Waals surface area contributed by atoms with Gasteiger partial charge in [-0.2, -0.15) is 0 Å². The molecule has 0 bridgehead atoms. The lowest BCUT2D eigenvalue weighted by molar-refractivity contribution is 0.101. The summed E-state index contributed by atoms with van der Waals surface area (Å²) in [7, 11) is 0. The van der Waals surface area contributed by atoms with Crippen LogP contribution in [-0.2, 0) is 0 Å². The standard InChI is InChI=1S/C21H16N4O2/c26-20(15-6-2-1-3-7-15)23-17-12-10-16(11-13-17)21(27)24-25-14-22-18-8-4-5-9-19(18)25/h1-14H,(H,23,26)(H,24,27). The van der Waals surface area contributed by atoms with Crippen LogP contribution in [0, 0.1) is 0 Å². The van der Waals surface area contributed by atoms with E-state index in [0.29, 0.717) is 16.8 Å². The molecule has 3 aromatic carbocycles. The van der Waals surface area contributed by atoms with Crippen molar-refractivity contribution in [1.82, 2.24) is 9.66 Å². The summed E-state index contributed by atoms with van der Waals surface area (Å²) in [5.41, 5.74) is 6.09. The summed E-state index contributed by atoms with van der Waals surface area (Å²) in [5, 5.41) is 2.81. The normalized spacial score (nSPS) is 10.5. The zero-order valence-electron chi connectivity index (χ0n) is 14.3. The molecule has 0 spiro atoms. The van der Waals surface area contributed by atoms with Crippen LogP contribution < -0.4 is 10.7 Å². The summed E-state index contributed by atoms with van der Waals surface area (Å²) in [5.74, 6) is -0.461. The summed E-state index contributed by atoms with van der Waals surface area (Å²) in [6.07, 6.45) is 1.57. The number of imidazole rings is 1. The molecule has 27 heavy (non-hydrogen) atoms. The summed E-state index contributed by atoms with van der Waals surface area (Å²) < 4.78 is 1.59. The third-order valence-electron chi connectivity index (χ3n) is 4.12. The Kier molecular flexibility index (Phi) is 4.37. The van der Waals surface area contributed by atoms with Crippen LogP contribution in [0.25, 0.3) is 11.0 Å². The van der Waals surface area contributed by atoms with E-state index < -0.39 is 0 Å². The van der Waals surface area contributed by atoms with Gasteiger partial charge >= 0.3 is 0 Å². The topological polar surface area (TPSA) is 76.0 Å². The largest absolute Gasteiger partial charge is 0.322 e. The fraction of sp³-hybridized carbons (Fsp3) is 0. The highest BCUT2D eigenvalue weighted by Gasteiger charge is 2.10. The number of aromatic nitrogens is 2. The summed E-state index contributed by atoms with van der Waals surface area (Å²) in [4.78, 5) is 28.9. The van der Waals surface area contributed by atoms with Gasteiger partial charge in [-0.3, -0.25) is 15.0 Å². The maximum Gasteiger partial charge on any atom is 0.270 e. The minimum atomic E-state index is -0.265. The Labute approximate surface area is 155 Å². The van der Waals surface area contributed by atoms with Gasteiger partial charge in [0, 0.05) is 16.8 Å². The number of rotatable bonds is 4. The molecule has 6 heteroatoms. The van der Waals surface area contributed by atoms with Crippen LogP contribution >= 0.6 is 0 Å². The Morgan fingerprint density at radius 2 is 1.41 bits per heavy atom. The molecule has 0 aliphatic rings. The molecule has 1 heterocycles. The Bertz CT molecular complexity index is 1100. The minimum absolute atomic E-state index is 0.197. The van der Waals surface area contributed by atoms with Crippen LogP contribution in [0.2, 0.25) is 0 Å². The predicted octanol–water partition coefficient (Wildman–Crippen LogP) is 3.67. The molecule has 6 nitrogen and oxygen atoms in total. The van der Waals surface area contributed by atoms with E-state index in [2.05, 4.69) is 15.7 Å². The molecule has 0 saturated carbocycles. The zero-order chi connectivity index (χ0) is 18.6. The van der Waals surface area contributed by atoms with Gasteiger partial charge < -0.3 is 5.32 Å². The average molecular weight is 356 g/mol. The Morgan fingerprint density at radius 1 is 0.741 bits per heavy atom. The van der Waals surface area contributed by atoms with Gasteiger partial charge in [-0.1, -0.05) is 30.3 Å². The number of benzene rings is 3. The SMILES string of the molecule is O=C(Nc1ccc(C(=O)Nn2cnc3ccccc32)cc1)c1ccccc1. The molecular weight excluding hydrogens is 340 g/mol. The van der Waals surface area contributed by atoms with Crippen molar-refractivity contribution in [2.24, 2.45) is 0 Å². The fourth-order valence-electron chi connectivity index (χ4n) is 2.72. The first-order chi connectivity index (χ1) is 13.2. The summed E-state index contributed by atoms with van der Waals surface area (Å²) in [6, 6.07) is 23.2. The number of nitrogens with zero attached hydrogens (tertiary/aromatic N) is 2. The predicted molar refractivity (Wildman–Crippen MR) is 104 cm³/mol. The van der Waals surface area contributed by atoms with Crippen LogP contribution in [0.5, 0.6) is 0 Å². The quantitative estimate of drug-likeness (QED) is 0.586. The molecule has 0 unspecified atom stereocenters. The van der Waals surface area contributed by atoms with Crippen molar-refractivity contribution in [2.45, 2.75) is 0 Å². The van der Waals surface area contributed by atoms with Crippen LogP contribution in [0.4, 0.5) is 5.69 Å². The van der Waals surface area contributed by atoms with E-state index in [1.807, 2.05) is 42.5 Å². The highest BCUT2D eigenvalue weighted by molar-refractivity contribution is 6.05. The number of nitrogens with one attached hydrogen (secondary N) is 2. The number of carbonyl (C=O) groups excluding carboxylic acids is 2. The van der Waals surface area contributed by atoms with Gasteiger partial charge in [0.1, 0.15) is 6.33 Å². The molecule has 4 aromatic rings. The highest BCUT2D eigenvalue weighted by atomic mass is 16.2. The van der Waals surface area contributed by atoms with Crippen molar-refractivity contribution in [3.8, 4) is 0 Å². The van der Waals surface area contributed by atoms with Crippen molar-refractivity contribution in [3.05, 3.63) is 96.3 Å². The Morgan fingerprint density at radius 3 is 2.19 bits per heavy atom. The van der Waals surface area contributed by atoms with E-state index in [4.69, 9.17) is 0 Å². The van der Waals surface area contributed by atoms with Crippen molar-refractivity contribution in [3.63, 3.8) is 0 Å². The maximum absolute atomic E-state index is 12.5. The second-order valence-corrected chi connectivity index (χ2v) is 5.94. The molecule has 1 aromatic heterocycles. The lowest BCUT2D eigenvalue weighted by atomic mass is 10.1. The molecule has 132 valence electrons. The number of hydrogen-bond acceptors (Lipinski definition) is 3. The van der Waals surface area contributed by atoms with E-state index in [0.717, 1.165) is 11.0 Å². The van der Waals surface area contributed by atoms with Gasteiger partial charge in [-0.25, -0.2) is 9.66 Å². The smallest absolute Gasteiger partial charge is 0.270 e. The van der Waals surface area contributed by atoms with Crippen LogP contribution in [0.3, 0.4) is 0 Å². The van der Waals surface area contributed by atoms with Crippen molar-refractivity contribution in [2.75, 3.05) is 10.7 Å². The summed E-state index contributed by atoms with van der Waals surface area (Å²) >= 11 is 0. The van der Waals surface area contributed by atoms with Crippen molar-refractivity contribution >= 4 is 28.5 Å². The molecule has 4 rings (SSSR count). The van der Waals surface area contributed by atoms with Gasteiger partial charge in [0.05, 0.1) is 11.0 Å². The third-order valence-corrected chi connectivity index (χ3v) is 4.12. The monoisotopic (exact) mass is 356 g/mol.